The van der Waals surface area contributed by atoms with Gasteiger partial charge in [0.05, 0.1) is 19.1 Å². The van der Waals surface area contributed by atoms with Gasteiger partial charge in [-0.05, 0) is 26.0 Å². The first-order chi connectivity index (χ1) is 8.02. The van der Waals surface area contributed by atoms with E-state index in [2.05, 4.69) is 10.6 Å². The first kappa shape index (κ1) is 13.2. The second kappa shape index (κ2) is 6.05. The van der Waals surface area contributed by atoms with Gasteiger partial charge in [0, 0.05) is 0 Å². The van der Waals surface area contributed by atoms with Gasteiger partial charge in [0.1, 0.15) is 11.5 Å². The van der Waals surface area contributed by atoms with E-state index in [1.54, 1.807) is 13.0 Å². The Balaban J connectivity index is 2.38. The predicted octanol–water partition coefficient (Wildman–Crippen LogP) is -0.160. The lowest BCUT2D eigenvalue weighted by Crippen LogP contribution is -2.40. The third-order valence-electron chi connectivity index (χ3n) is 2.20. The van der Waals surface area contributed by atoms with E-state index >= 15 is 0 Å². The smallest absolute Gasteiger partial charge is 0.239 e. The van der Waals surface area contributed by atoms with E-state index in [-0.39, 0.29) is 30.9 Å². The molecule has 1 rings (SSSR count). The van der Waals surface area contributed by atoms with E-state index in [4.69, 9.17) is 10.2 Å². The number of hydrogen-bond donors (Lipinski definition) is 3. The van der Waals surface area contributed by atoms with Crippen molar-refractivity contribution in [1.29, 1.82) is 0 Å². The molecule has 6 heteroatoms. The Morgan fingerprint density at radius 2 is 2.12 bits per heavy atom. The van der Waals surface area contributed by atoms with E-state index in [0.717, 1.165) is 5.76 Å². The molecular formula is C11H17N3O3. The molecule has 1 atom stereocenters. The molecule has 6 nitrogen and oxygen atoms in total. The summed E-state index contributed by atoms with van der Waals surface area (Å²) in [7, 11) is 0. The van der Waals surface area contributed by atoms with Gasteiger partial charge in [-0.15, -0.1) is 0 Å². The van der Waals surface area contributed by atoms with Crippen molar-refractivity contribution in [1.82, 2.24) is 10.6 Å². The lowest BCUT2D eigenvalue weighted by Gasteiger charge is -2.11. The zero-order valence-electron chi connectivity index (χ0n) is 9.95. The molecule has 0 aromatic carbocycles. The van der Waals surface area contributed by atoms with Gasteiger partial charge >= 0.3 is 0 Å². The van der Waals surface area contributed by atoms with Crippen molar-refractivity contribution >= 4 is 11.8 Å². The number of furan rings is 1. The molecule has 1 aromatic heterocycles. The SMILES string of the molecule is Cc1ccc(C(C)NC(=O)CNC(=O)CN)o1. The lowest BCUT2D eigenvalue weighted by molar-refractivity contribution is -0.125. The fraction of sp³-hybridized carbons (Fsp3) is 0.455. The number of rotatable bonds is 5. The second-order valence-corrected chi connectivity index (χ2v) is 3.72. The van der Waals surface area contributed by atoms with Gasteiger partial charge in [-0.3, -0.25) is 9.59 Å². The maximum Gasteiger partial charge on any atom is 0.239 e. The molecule has 17 heavy (non-hydrogen) atoms. The third-order valence-corrected chi connectivity index (χ3v) is 2.20. The molecule has 0 aliphatic rings. The molecule has 0 saturated carbocycles. The molecule has 0 fully saturated rings. The Bertz CT molecular complexity index is 400. The molecule has 0 aliphatic heterocycles. The Morgan fingerprint density at radius 1 is 1.41 bits per heavy atom. The van der Waals surface area contributed by atoms with Gasteiger partial charge in [-0.25, -0.2) is 0 Å². The molecule has 1 unspecified atom stereocenters. The van der Waals surface area contributed by atoms with Crippen LogP contribution in [0, 0.1) is 6.92 Å². The highest BCUT2D eigenvalue weighted by molar-refractivity contribution is 5.85. The van der Waals surface area contributed by atoms with Crippen molar-refractivity contribution < 1.29 is 14.0 Å². The normalized spacial score (nSPS) is 11.9. The maximum atomic E-state index is 11.4. The molecular weight excluding hydrogens is 222 g/mol. The summed E-state index contributed by atoms with van der Waals surface area (Å²) in [6.45, 7) is 3.43. The molecule has 94 valence electrons. The van der Waals surface area contributed by atoms with Crippen LogP contribution in [0.3, 0.4) is 0 Å². The number of carbonyl (C=O) groups excluding carboxylic acids is 2. The molecule has 0 saturated heterocycles. The highest BCUT2D eigenvalue weighted by Gasteiger charge is 2.12. The topological polar surface area (TPSA) is 97.4 Å². The summed E-state index contributed by atoms with van der Waals surface area (Å²) in [5.74, 6) is 0.827. The van der Waals surface area contributed by atoms with Crippen LogP contribution in [0.1, 0.15) is 24.5 Å². The van der Waals surface area contributed by atoms with Gasteiger partial charge in [-0.2, -0.15) is 0 Å². The molecule has 1 heterocycles. The number of aryl methyl sites for hydroxylation is 1. The van der Waals surface area contributed by atoms with E-state index in [9.17, 15) is 9.59 Å². The maximum absolute atomic E-state index is 11.4. The summed E-state index contributed by atoms with van der Waals surface area (Å²) in [5, 5.41) is 5.09. The molecule has 1 aromatic rings. The highest BCUT2D eigenvalue weighted by Crippen LogP contribution is 2.14. The number of nitrogens with one attached hydrogen (secondary N) is 2. The Hall–Kier alpha value is -1.82. The van der Waals surface area contributed by atoms with Crippen LogP contribution in [0.2, 0.25) is 0 Å². The van der Waals surface area contributed by atoms with Gasteiger partial charge in [0.25, 0.3) is 0 Å². The van der Waals surface area contributed by atoms with Crippen LogP contribution in [0.5, 0.6) is 0 Å². The Morgan fingerprint density at radius 3 is 2.65 bits per heavy atom. The second-order valence-electron chi connectivity index (χ2n) is 3.72. The third kappa shape index (κ3) is 4.28. The number of carbonyl (C=O) groups is 2. The van der Waals surface area contributed by atoms with Crippen LogP contribution in [0.4, 0.5) is 0 Å². The molecule has 0 aliphatic carbocycles. The minimum Gasteiger partial charge on any atom is -0.464 e. The fourth-order valence-corrected chi connectivity index (χ4v) is 1.30. The number of nitrogens with two attached hydrogens (primary N) is 1. The summed E-state index contributed by atoms with van der Waals surface area (Å²) in [5.41, 5.74) is 5.09. The van der Waals surface area contributed by atoms with Gasteiger partial charge < -0.3 is 20.8 Å². The monoisotopic (exact) mass is 239 g/mol. The highest BCUT2D eigenvalue weighted by atomic mass is 16.3. The molecule has 2 amide bonds. The van der Waals surface area contributed by atoms with Crippen molar-refractivity contribution in [3.05, 3.63) is 23.7 Å². The average Bonchev–Trinajstić information content (AvgIpc) is 2.72. The van der Waals surface area contributed by atoms with Crippen molar-refractivity contribution in [2.24, 2.45) is 5.73 Å². The average molecular weight is 239 g/mol. The van der Waals surface area contributed by atoms with Crippen molar-refractivity contribution in [3.63, 3.8) is 0 Å². The van der Waals surface area contributed by atoms with Crippen molar-refractivity contribution in [2.75, 3.05) is 13.1 Å². The predicted molar refractivity (Wildman–Crippen MR) is 62.1 cm³/mol. The number of hydrogen-bond acceptors (Lipinski definition) is 4. The largest absolute Gasteiger partial charge is 0.464 e. The van der Waals surface area contributed by atoms with Crippen LogP contribution < -0.4 is 16.4 Å². The van der Waals surface area contributed by atoms with Crippen LogP contribution in [0.15, 0.2) is 16.5 Å². The summed E-state index contributed by atoms with van der Waals surface area (Å²) >= 11 is 0. The van der Waals surface area contributed by atoms with Crippen LogP contribution in [0.25, 0.3) is 0 Å². The zero-order chi connectivity index (χ0) is 12.8. The van der Waals surface area contributed by atoms with E-state index in [0.29, 0.717) is 5.76 Å². The number of amides is 2. The van der Waals surface area contributed by atoms with E-state index < -0.39 is 0 Å². The summed E-state index contributed by atoms with van der Waals surface area (Å²) in [6, 6.07) is 3.40. The van der Waals surface area contributed by atoms with Crippen LogP contribution in [-0.4, -0.2) is 24.9 Å². The summed E-state index contributed by atoms with van der Waals surface area (Å²) in [6.07, 6.45) is 0. The summed E-state index contributed by atoms with van der Waals surface area (Å²) in [4.78, 5) is 22.3. The molecule has 0 radical (unpaired) electrons. The van der Waals surface area contributed by atoms with Crippen molar-refractivity contribution in [3.8, 4) is 0 Å². The fourth-order valence-electron chi connectivity index (χ4n) is 1.30. The van der Waals surface area contributed by atoms with Gasteiger partial charge in [-0.1, -0.05) is 0 Å². The Labute approximate surface area is 99.5 Å². The minimum atomic E-state index is -0.360. The lowest BCUT2D eigenvalue weighted by atomic mass is 10.2. The quantitative estimate of drug-likeness (QED) is 0.665. The van der Waals surface area contributed by atoms with Crippen molar-refractivity contribution in [2.45, 2.75) is 19.9 Å². The molecule has 0 bridgehead atoms. The molecule has 4 N–H and O–H groups in total. The zero-order valence-corrected chi connectivity index (χ0v) is 9.95. The minimum absolute atomic E-state index is 0.0833. The van der Waals surface area contributed by atoms with E-state index in [1.165, 1.54) is 0 Å². The first-order valence-electron chi connectivity index (χ1n) is 5.35. The first-order valence-corrected chi connectivity index (χ1v) is 5.35. The molecule has 0 spiro atoms. The Kier molecular flexibility index (Phi) is 4.71. The van der Waals surface area contributed by atoms with E-state index in [1.807, 2.05) is 13.0 Å². The standard InChI is InChI=1S/C11H17N3O3/c1-7-3-4-9(17-7)8(2)14-11(16)6-13-10(15)5-12/h3-4,8H,5-6,12H2,1-2H3,(H,13,15)(H,14,16). The van der Waals surface area contributed by atoms with Gasteiger partial charge in [0.15, 0.2) is 0 Å². The van der Waals surface area contributed by atoms with Crippen LogP contribution in [-0.2, 0) is 9.59 Å². The summed E-state index contributed by atoms with van der Waals surface area (Å²) < 4.78 is 5.37. The van der Waals surface area contributed by atoms with Crippen LogP contribution >= 0.6 is 0 Å². The van der Waals surface area contributed by atoms with Gasteiger partial charge in [0.2, 0.25) is 11.8 Å².